The van der Waals surface area contributed by atoms with Gasteiger partial charge in [-0.3, -0.25) is 4.79 Å². The molecule has 0 unspecified atom stereocenters. The zero-order chi connectivity index (χ0) is 16.1. The van der Waals surface area contributed by atoms with Crippen molar-refractivity contribution in [3.05, 3.63) is 53.6 Å². The van der Waals surface area contributed by atoms with E-state index < -0.39 is 5.78 Å². The van der Waals surface area contributed by atoms with Crippen molar-refractivity contribution in [1.82, 2.24) is 0 Å². The molecule has 0 radical (unpaired) electrons. The number of ether oxygens (including phenoxy) is 2. The molecule has 0 fully saturated rings. The highest BCUT2D eigenvalue weighted by molar-refractivity contribution is 6.10. The fraction of sp³-hybridized carbons (Fsp3) is 0.118. The molecule has 2 N–H and O–H groups in total. The molecule has 0 bridgehead atoms. The molecule has 0 aliphatic carbocycles. The molecular weight excluding hydrogens is 284 g/mol. The number of carbonyl (C=O) groups excluding carboxylic acids is 1. The van der Waals surface area contributed by atoms with Crippen LogP contribution < -0.4 is 9.47 Å². The zero-order valence-corrected chi connectivity index (χ0v) is 12.2. The SMILES string of the molecule is COc1cc(O)c(C(=O)/C=C/c2ccc(O)cc2)c(OC)c1. The number of benzene rings is 2. The molecule has 22 heavy (non-hydrogen) atoms. The second-order valence-corrected chi connectivity index (χ2v) is 4.51. The lowest BCUT2D eigenvalue weighted by Gasteiger charge is -2.10. The van der Waals surface area contributed by atoms with Crippen molar-refractivity contribution in [3.63, 3.8) is 0 Å². The standard InChI is InChI=1S/C17H16O5/c1-21-13-9-15(20)17(16(10-13)22-2)14(19)8-5-11-3-6-12(18)7-4-11/h3-10,18,20H,1-2H3/b8-5+. The number of phenols is 2. The molecule has 5 heteroatoms. The Hall–Kier alpha value is -2.95. The van der Waals surface area contributed by atoms with Crippen LogP contribution in [-0.2, 0) is 0 Å². The highest BCUT2D eigenvalue weighted by Gasteiger charge is 2.17. The van der Waals surface area contributed by atoms with E-state index in [2.05, 4.69) is 0 Å². The molecule has 0 saturated heterocycles. The van der Waals surface area contributed by atoms with Crippen molar-refractivity contribution < 1.29 is 24.5 Å². The quantitative estimate of drug-likeness (QED) is 0.655. The summed E-state index contributed by atoms with van der Waals surface area (Å²) in [4.78, 5) is 12.3. The maximum atomic E-state index is 12.3. The van der Waals surface area contributed by atoms with Crippen molar-refractivity contribution in [2.45, 2.75) is 0 Å². The van der Waals surface area contributed by atoms with Crippen LogP contribution in [-0.4, -0.2) is 30.2 Å². The van der Waals surface area contributed by atoms with Gasteiger partial charge in [-0.05, 0) is 23.8 Å². The lowest BCUT2D eigenvalue weighted by atomic mass is 10.1. The number of methoxy groups -OCH3 is 2. The third-order valence-electron chi connectivity index (χ3n) is 3.08. The minimum absolute atomic E-state index is 0.0679. The van der Waals surface area contributed by atoms with E-state index >= 15 is 0 Å². The molecule has 0 spiro atoms. The third kappa shape index (κ3) is 3.38. The monoisotopic (exact) mass is 300 g/mol. The summed E-state index contributed by atoms with van der Waals surface area (Å²) >= 11 is 0. The fourth-order valence-electron chi connectivity index (χ4n) is 1.94. The van der Waals surface area contributed by atoms with Crippen LogP contribution in [0, 0.1) is 0 Å². The van der Waals surface area contributed by atoms with Crippen molar-refractivity contribution in [3.8, 4) is 23.0 Å². The minimum Gasteiger partial charge on any atom is -0.508 e. The second kappa shape index (κ2) is 6.67. The van der Waals surface area contributed by atoms with E-state index in [1.54, 1.807) is 18.2 Å². The van der Waals surface area contributed by atoms with Gasteiger partial charge in [-0.1, -0.05) is 18.2 Å². The summed E-state index contributed by atoms with van der Waals surface area (Å²) in [7, 11) is 2.87. The van der Waals surface area contributed by atoms with Crippen LogP contribution in [0.1, 0.15) is 15.9 Å². The van der Waals surface area contributed by atoms with Gasteiger partial charge in [0, 0.05) is 12.1 Å². The summed E-state index contributed by atoms with van der Waals surface area (Å²) in [5, 5.41) is 19.2. The second-order valence-electron chi connectivity index (χ2n) is 4.51. The van der Waals surface area contributed by atoms with Crippen molar-refractivity contribution in [2.75, 3.05) is 14.2 Å². The Kier molecular flexibility index (Phi) is 4.68. The Morgan fingerprint density at radius 3 is 2.32 bits per heavy atom. The van der Waals surface area contributed by atoms with Gasteiger partial charge in [-0.25, -0.2) is 0 Å². The number of carbonyl (C=O) groups is 1. The normalized spacial score (nSPS) is 10.6. The molecule has 2 aromatic rings. The molecule has 0 heterocycles. The summed E-state index contributed by atoms with van der Waals surface area (Å²) in [5.74, 6) is 0.171. The molecule has 0 atom stereocenters. The predicted octanol–water partition coefficient (Wildman–Crippen LogP) is 3.01. The largest absolute Gasteiger partial charge is 0.508 e. The fourth-order valence-corrected chi connectivity index (χ4v) is 1.94. The van der Waals surface area contributed by atoms with E-state index in [4.69, 9.17) is 9.47 Å². The summed E-state index contributed by atoms with van der Waals surface area (Å²) < 4.78 is 10.1. The van der Waals surface area contributed by atoms with Crippen LogP contribution in [0.15, 0.2) is 42.5 Å². The summed E-state index contributed by atoms with van der Waals surface area (Å²) in [5.41, 5.74) is 0.816. The number of allylic oxidation sites excluding steroid dienone is 1. The lowest BCUT2D eigenvalue weighted by Crippen LogP contribution is -2.00. The third-order valence-corrected chi connectivity index (χ3v) is 3.08. The van der Waals surface area contributed by atoms with E-state index in [9.17, 15) is 15.0 Å². The Bertz CT molecular complexity index is 702. The molecule has 2 rings (SSSR count). The number of ketones is 1. The van der Waals surface area contributed by atoms with E-state index in [-0.39, 0.29) is 22.8 Å². The van der Waals surface area contributed by atoms with Gasteiger partial charge in [0.15, 0.2) is 5.78 Å². The van der Waals surface area contributed by atoms with Gasteiger partial charge >= 0.3 is 0 Å². The van der Waals surface area contributed by atoms with Gasteiger partial charge in [-0.2, -0.15) is 0 Å². The maximum absolute atomic E-state index is 12.3. The topological polar surface area (TPSA) is 76.0 Å². The van der Waals surface area contributed by atoms with E-state index in [0.29, 0.717) is 5.75 Å². The van der Waals surface area contributed by atoms with Crippen LogP contribution in [0.2, 0.25) is 0 Å². The zero-order valence-electron chi connectivity index (χ0n) is 12.2. The highest BCUT2D eigenvalue weighted by atomic mass is 16.5. The predicted molar refractivity (Wildman–Crippen MR) is 82.7 cm³/mol. The smallest absolute Gasteiger partial charge is 0.193 e. The number of aromatic hydroxyl groups is 2. The molecule has 2 aromatic carbocycles. The summed E-state index contributed by atoms with van der Waals surface area (Å²) in [6, 6.07) is 9.27. The Morgan fingerprint density at radius 2 is 1.73 bits per heavy atom. The Morgan fingerprint density at radius 1 is 1.05 bits per heavy atom. The number of rotatable bonds is 5. The Balaban J connectivity index is 2.31. The Labute approximate surface area is 128 Å². The van der Waals surface area contributed by atoms with Crippen LogP contribution >= 0.6 is 0 Å². The highest BCUT2D eigenvalue weighted by Crippen LogP contribution is 2.33. The van der Waals surface area contributed by atoms with Crippen LogP contribution in [0.5, 0.6) is 23.0 Å². The van der Waals surface area contributed by atoms with Crippen molar-refractivity contribution in [2.24, 2.45) is 0 Å². The average molecular weight is 300 g/mol. The van der Waals surface area contributed by atoms with Crippen molar-refractivity contribution >= 4 is 11.9 Å². The molecule has 0 saturated carbocycles. The maximum Gasteiger partial charge on any atom is 0.193 e. The summed E-state index contributed by atoms with van der Waals surface area (Å²) in [6.45, 7) is 0. The van der Waals surface area contributed by atoms with Gasteiger partial charge in [-0.15, -0.1) is 0 Å². The number of phenolic OH excluding ortho intramolecular Hbond substituents is 2. The first-order valence-electron chi connectivity index (χ1n) is 6.51. The number of hydrogen-bond donors (Lipinski definition) is 2. The first-order chi connectivity index (χ1) is 10.5. The molecule has 0 aliphatic heterocycles. The molecule has 0 aromatic heterocycles. The molecular formula is C17H16O5. The van der Waals surface area contributed by atoms with Crippen LogP contribution in [0.25, 0.3) is 6.08 Å². The van der Waals surface area contributed by atoms with Gasteiger partial charge in [0.25, 0.3) is 0 Å². The van der Waals surface area contributed by atoms with Crippen molar-refractivity contribution in [1.29, 1.82) is 0 Å². The van der Waals surface area contributed by atoms with E-state index in [1.165, 1.54) is 44.6 Å². The first kappa shape index (κ1) is 15.4. The lowest BCUT2D eigenvalue weighted by molar-refractivity contribution is 0.104. The van der Waals surface area contributed by atoms with Gasteiger partial charge in [0.05, 0.1) is 14.2 Å². The van der Waals surface area contributed by atoms with E-state index in [0.717, 1.165) is 5.56 Å². The van der Waals surface area contributed by atoms with E-state index in [1.807, 2.05) is 0 Å². The van der Waals surface area contributed by atoms with Gasteiger partial charge in [0.2, 0.25) is 0 Å². The van der Waals surface area contributed by atoms with Gasteiger partial charge < -0.3 is 19.7 Å². The number of hydrogen-bond acceptors (Lipinski definition) is 5. The molecule has 0 aliphatic rings. The average Bonchev–Trinajstić information content (AvgIpc) is 2.53. The first-order valence-corrected chi connectivity index (χ1v) is 6.51. The van der Waals surface area contributed by atoms with Gasteiger partial charge in [0.1, 0.15) is 28.6 Å². The minimum atomic E-state index is -0.398. The molecule has 0 amide bonds. The molecule has 5 nitrogen and oxygen atoms in total. The van der Waals surface area contributed by atoms with Crippen LogP contribution in [0.4, 0.5) is 0 Å². The molecule has 114 valence electrons. The van der Waals surface area contributed by atoms with Crippen LogP contribution in [0.3, 0.4) is 0 Å². The summed E-state index contributed by atoms with van der Waals surface area (Å²) in [6.07, 6.45) is 2.92.